The number of amides is 1. The summed E-state index contributed by atoms with van der Waals surface area (Å²) in [5.74, 6) is 1.89. The molecule has 3 aliphatic heterocycles. The molecule has 184 valence electrons. The Morgan fingerprint density at radius 3 is 2.69 bits per heavy atom. The lowest BCUT2D eigenvalue weighted by Crippen LogP contribution is -2.48. The molecule has 0 spiro atoms. The summed E-state index contributed by atoms with van der Waals surface area (Å²) in [5.41, 5.74) is 1.66. The Morgan fingerprint density at radius 1 is 1.03 bits per heavy atom. The monoisotopic (exact) mass is 495 g/mol. The SMILES string of the molecule is O=C(C1CCCN(C2=NS(=O)(=O)c3ccccc32)C1)N(Cc1ccc2c(c1)OCO2)C1CCCC1. The summed E-state index contributed by atoms with van der Waals surface area (Å²) in [6.45, 7) is 1.93. The van der Waals surface area contributed by atoms with Gasteiger partial charge in [-0.2, -0.15) is 8.42 Å². The normalized spacial score (nSPS) is 22.7. The number of likely N-dealkylation sites (tertiary alicyclic amines) is 1. The molecule has 1 amide bonds. The van der Waals surface area contributed by atoms with Gasteiger partial charge in [-0.25, -0.2) is 0 Å². The molecular formula is C26H29N3O5S. The molecule has 3 heterocycles. The molecule has 4 aliphatic rings. The van der Waals surface area contributed by atoms with E-state index in [1.54, 1.807) is 18.2 Å². The number of amidine groups is 1. The highest BCUT2D eigenvalue weighted by Gasteiger charge is 2.38. The van der Waals surface area contributed by atoms with Crippen LogP contribution in [0.3, 0.4) is 0 Å². The number of benzene rings is 2. The summed E-state index contributed by atoms with van der Waals surface area (Å²) in [6.07, 6.45) is 5.92. The van der Waals surface area contributed by atoms with Gasteiger partial charge in [-0.05, 0) is 55.5 Å². The van der Waals surface area contributed by atoms with E-state index in [2.05, 4.69) is 9.30 Å². The maximum Gasteiger partial charge on any atom is 0.285 e. The van der Waals surface area contributed by atoms with Gasteiger partial charge in [0.15, 0.2) is 17.3 Å². The van der Waals surface area contributed by atoms with Gasteiger partial charge in [0.05, 0.1) is 5.92 Å². The molecule has 0 N–H and O–H groups in total. The Bertz CT molecular complexity index is 1290. The fourth-order valence-corrected chi connectivity index (χ4v) is 6.99. The minimum atomic E-state index is -3.69. The Kier molecular flexibility index (Phi) is 5.67. The van der Waals surface area contributed by atoms with Crippen molar-refractivity contribution in [1.29, 1.82) is 0 Å². The molecule has 1 unspecified atom stereocenters. The second kappa shape index (κ2) is 8.86. The predicted molar refractivity (Wildman–Crippen MR) is 130 cm³/mol. The quantitative estimate of drug-likeness (QED) is 0.645. The van der Waals surface area contributed by atoms with Crippen LogP contribution >= 0.6 is 0 Å². The van der Waals surface area contributed by atoms with Crippen molar-refractivity contribution in [3.63, 3.8) is 0 Å². The number of hydrogen-bond donors (Lipinski definition) is 0. The van der Waals surface area contributed by atoms with Crippen molar-refractivity contribution in [2.24, 2.45) is 10.3 Å². The second-order valence-corrected chi connectivity index (χ2v) is 11.3. The second-order valence-electron chi connectivity index (χ2n) is 9.76. The molecule has 1 saturated carbocycles. The van der Waals surface area contributed by atoms with Crippen LogP contribution in [0.1, 0.15) is 49.7 Å². The van der Waals surface area contributed by atoms with Crippen LogP contribution in [-0.4, -0.2) is 55.9 Å². The first-order valence-corrected chi connectivity index (χ1v) is 13.8. The van der Waals surface area contributed by atoms with E-state index >= 15 is 0 Å². The van der Waals surface area contributed by atoms with E-state index in [0.717, 1.165) is 55.6 Å². The van der Waals surface area contributed by atoms with Crippen LogP contribution in [0.5, 0.6) is 11.5 Å². The maximum absolute atomic E-state index is 13.9. The topological polar surface area (TPSA) is 88.5 Å². The molecule has 9 heteroatoms. The van der Waals surface area contributed by atoms with Gasteiger partial charge in [0.25, 0.3) is 10.0 Å². The van der Waals surface area contributed by atoms with E-state index in [9.17, 15) is 13.2 Å². The van der Waals surface area contributed by atoms with Gasteiger partial charge in [-0.1, -0.05) is 31.0 Å². The molecule has 2 fully saturated rings. The first-order chi connectivity index (χ1) is 17.0. The highest BCUT2D eigenvalue weighted by Crippen LogP contribution is 2.35. The van der Waals surface area contributed by atoms with Crippen molar-refractivity contribution in [3.8, 4) is 11.5 Å². The van der Waals surface area contributed by atoms with Crippen LogP contribution in [0.2, 0.25) is 0 Å². The molecule has 8 nitrogen and oxygen atoms in total. The molecule has 0 radical (unpaired) electrons. The third-order valence-corrected chi connectivity index (χ3v) is 8.85. The summed E-state index contributed by atoms with van der Waals surface area (Å²) in [4.78, 5) is 18.2. The van der Waals surface area contributed by atoms with Crippen molar-refractivity contribution >= 4 is 21.8 Å². The van der Waals surface area contributed by atoms with Crippen LogP contribution in [0.25, 0.3) is 0 Å². The highest BCUT2D eigenvalue weighted by molar-refractivity contribution is 7.90. The number of ether oxygens (including phenoxy) is 2. The molecule has 0 aromatic heterocycles. The van der Waals surface area contributed by atoms with Crippen LogP contribution < -0.4 is 9.47 Å². The van der Waals surface area contributed by atoms with Crippen LogP contribution in [0.15, 0.2) is 51.8 Å². The zero-order valence-corrected chi connectivity index (χ0v) is 20.4. The molecule has 1 saturated heterocycles. The van der Waals surface area contributed by atoms with Gasteiger partial charge < -0.3 is 19.3 Å². The lowest BCUT2D eigenvalue weighted by atomic mass is 9.94. The number of carbonyl (C=O) groups excluding carboxylic acids is 1. The van der Waals surface area contributed by atoms with E-state index in [1.165, 1.54) is 0 Å². The van der Waals surface area contributed by atoms with Crippen molar-refractivity contribution in [3.05, 3.63) is 53.6 Å². The highest BCUT2D eigenvalue weighted by atomic mass is 32.2. The van der Waals surface area contributed by atoms with Gasteiger partial charge in [0.1, 0.15) is 4.90 Å². The largest absolute Gasteiger partial charge is 0.454 e. The van der Waals surface area contributed by atoms with Gasteiger partial charge in [0.2, 0.25) is 12.7 Å². The number of fused-ring (bicyclic) bond motifs is 2. The standard InChI is InChI=1S/C26H29N3O5S/c30-26(29(20-7-1-2-8-20)15-18-11-12-22-23(14-18)34-17-33-22)19-6-5-13-28(16-19)25-21-9-3-4-10-24(21)35(31,32)27-25/h3-4,9-12,14,19-20H,1-2,5-8,13,15-17H2. The number of hydrogen-bond acceptors (Lipinski definition) is 6. The number of carbonyl (C=O) groups is 1. The zero-order valence-electron chi connectivity index (χ0n) is 19.6. The third-order valence-electron chi connectivity index (χ3n) is 7.52. The van der Waals surface area contributed by atoms with Crippen molar-refractivity contribution in [2.45, 2.75) is 56.0 Å². The molecule has 1 atom stereocenters. The lowest BCUT2D eigenvalue weighted by molar-refractivity contribution is -0.139. The summed E-state index contributed by atoms with van der Waals surface area (Å²) in [7, 11) is -3.69. The fraction of sp³-hybridized carbons (Fsp3) is 0.462. The number of nitrogens with zero attached hydrogens (tertiary/aromatic N) is 3. The Labute approximate surface area is 205 Å². The minimum absolute atomic E-state index is 0.147. The predicted octanol–water partition coefficient (Wildman–Crippen LogP) is 3.55. The van der Waals surface area contributed by atoms with Crippen LogP contribution in [0.4, 0.5) is 0 Å². The number of piperidine rings is 1. The molecule has 2 aromatic rings. The van der Waals surface area contributed by atoms with Gasteiger partial charge in [-0.15, -0.1) is 4.40 Å². The Hall–Kier alpha value is -3.07. The zero-order chi connectivity index (χ0) is 24.0. The van der Waals surface area contributed by atoms with Gasteiger partial charge in [0, 0.05) is 31.2 Å². The Morgan fingerprint density at radius 2 is 1.83 bits per heavy atom. The summed E-state index contributed by atoms with van der Waals surface area (Å²) in [5, 5.41) is 0. The lowest BCUT2D eigenvalue weighted by Gasteiger charge is -2.38. The van der Waals surface area contributed by atoms with E-state index < -0.39 is 10.0 Å². The van der Waals surface area contributed by atoms with Crippen molar-refractivity contribution in [2.75, 3.05) is 19.9 Å². The maximum atomic E-state index is 13.9. The van der Waals surface area contributed by atoms with Crippen molar-refractivity contribution < 1.29 is 22.7 Å². The molecular weight excluding hydrogens is 466 g/mol. The van der Waals surface area contributed by atoms with E-state index in [-0.39, 0.29) is 29.6 Å². The third kappa shape index (κ3) is 4.16. The van der Waals surface area contributed by atoms with E-state index in [0.29, 0.717) is 31.0 Å². The molecule has 35 heavy (non-hydrogen) atoms. The molecule has 1 aliphatic carbocycles. The number of rotatable bonds is 4. The average molecular weight is 496 g/mol. The van der Waals surface area contributed by atoms with Crippen LogP contribution in [-0.2, 0) is 21.4 Å². The van der Waals surface area contributed by atoms with E-state index in [4.69, 9.17) is 9.47 Å². The minimum Gasteiger partial charge on any atom is -0.454 e. The smallest absolute Gasteiger partial charge is 0.285 e. The first kappa shape index (κ1) is 22.4. The molecule has 0 bridgehead atoms. The summed E-state index contributed by atoms with van der Waals surface area (Å²) < 4.78 is 40.2. The molecule has 2 aromatic carbocycles. The number of sulfonamides is 1. The van der Waals surface area contributed by atoms with Gasteiger partial charge in [-0.3, -0.25) is 4.79 Å². The fourth-order valence-electron chi connectivity index (χ4n) is 5.76. The van der Waals surface area contributed by atoms with Crippen molar-refractivity contribution in [1.82, 2.24) is 9.80 Å². The van der Waals surface area contributed by atoms with Gasteiger partial charge >= 0.3 is 0 Å². The van der Waals surface area contributed by atoms with Crippen LogP contribution in [0, 0.1) is 5.92 Å². The van der Waals surface area contributed by atoms with E-state index in [1.807, 2.05) is 29.2 Å². The Balaban J connectivity index is 1.24. The molecule has 6 rings (SSSR count). The summed E-state index contributed by atoms with van der Waals surface area (Å²) in [6, 6.07) is 13.1. The first-order valence-electron chi connectivity index (χ1n) is 12.4. The average Bonchev–Trinajstić information content (AvgIpc) is 3.62. The summed E-state index contributed by atoms with van der Waals surface area (Å²) >= 11 is 0.